The molecule has 2 rings (SSSR count). The second-order valence-electron chi connectivity index (χ2n) is 6.51. The minimum atomic E-state index is -0.459. The van der Waals surface area contributed by atoms with Crippen molar-refractivity contribution in [2.45, 2.75) is 71.1 Å². The molecular weight excluding hydrogens is 326 g/mol. The molecule has 1 aromatic rings. The van der Waals surface area contributed by atoms with Gasteiger partial charge in [-0.15, -0.1) is 12.4 Å². The van der Waals surface area contributed by atoms with Crippen molar-refractivity contribution in [3.05, 3.63) is 23.9 Å². The van der Waals surface area contributed by atoms with E-state index in [1.54, 1.807) is 6.20 Å². The van der Waals surface area contributed by atoms with Crippen LogP contribution in [-0.4, -0.2) is 23.0 Å². The highest BCUT2D eigenvalue weighted by Crippen LogP contribution is 2.22. The van der Waals surface area contributed by atoms with Gasteiger partial charge in [0.1, 0.15) is 6.10 Å². The summed E-state index contributed by atoms with van der Waals surface area (Å²) < 4.78 is 5.96. The van der Waals surface area contributed by atoms with Gasteiger partial charge in [-0.05, 0) is 43.2 Å². The number of nitrogens with two attached hydrogens (primary N) is 1. The maximum Gasteiger partial charge on any atom is 0.237 e. The lowest BCUT2D eigenvalue weighted by Gasteiger charge is -2.22. The first-order valence-electron chi connectivity index (χ1n) is 8.75. The summed E-state index contributed by atoms with van der Waals surface area (Å²) in [6.45, 7) is 4.48. The summed E-state index contributed by atoms with van der Waals surface area (Å²) in [5, 5.41) is 2.90. The van der Waals surface area contributed by atoms with Crippen LogP contribution in [0.1, 0.15) is 57.9 Å². The first-order chi connectivity index (χ1) is 11.1. The maximum atomic E-state index is 12.0. The molecule has 0 radical (unpaired) electrons. The van der Waals surface area contributed by atoms with E-state index in [9.17, 15) is 4.79 Å². The van der Waals surface area contributed by atoms with Crippen molar-refractivity contribution in [3.8, 4) is 5.88 Å². The summed E-state index contributed by atoms with van der Waals surface area (Å²) in [4.78, 5) is 16.3. The molecule has 24 heavy (non-hydrogen) atoms. The normalized spacial score (nSPS) is 17.5. The monoisotopic (exact) mass is 355 g/mol. The number of nitrogens with one attached hydrogen (secondary N) is 1. The minimum Gasteiger partial charge on any atom is -0.474 e. The van der Waals surface area contributed by atoms with E-state index in [4.69, 9.17) is 10.5 Å². The Morgan fingerprint density at radius 3 is 2.79 bits per heavy atom. The summed E-state index contributed by atoms with van der Waals surface area (Å²) in [7, 11) is 0. The molecule has 3 N–H and O–H groups in total. The number of pyridine rings is 1. The standard InChI is InChI=1S/C18H29N3O2.ClH/c1-3-13(2)17(19)18(22)21-12-14-9-10-20-16(11-14)23-15-7-5-4-6-8-15;/h9-11,13,15,17H,3-8,12,19H2,1-2H3,(H,21,22);1H. The van der Waals surface area contributed by atoms with Gasteiger partial charge in [-0.25, -0.2) is 4.98 Å². The molecule has 0 bridgehead atoms. The van der Waals surface area contributed by atoms with Gasteiger partial charge >= 0.3 is 0 Å². The summed E-state index contributed by atoms with van der Waals surface area (Å²) in [6.07, 6.45) is 8.87. The van der Waals surface area contributed by atoms with Gasteiger partial charge in [-0.1, -0.05) is 26.7 Å². The van der Waals surface area contributed by atoms with Crippen LogP contribution in [0.2, 0.25) is 0 Å². The van der Waals surface area contributed by atoms with Gasteiger partial charge in [-0.2, -0.15) is 0 Å². The van der Waals surface area contributed by atoms with Crippen LogP contribution < -0.4 is 15.8 Å². The first-order valence-corrected chi connectivity index (χ1v) is 8.75. The van der Waals surface area contributed by atoms with E-state index in [0.717, 1.165) is 24.8 Å². The number of aromatic nitrogens is 1. The molecule has 0 aromatic carbocycles. The fourth-order valence-electron chi connectivity index (χ4n) is 2.80. The van der Waals surface area contributed by atoms with Crippen molar-refractivity contribution >= 4 is 18.3 Å². The summed E-state index contributed by atoms with van der Waals surface area (Å²) in [5.74, 6) is 0.721. The van der Waals surface area contributed by atoms with Crippen LogP contribution >= 0.6 is 12.4 Å². The lowest BCUT2D eigenvalue weighted by atomic mass is 9.98. The molecule has 1 saturated carbocycles. The average Bonchev–Trinajstić information content (AvgIpc) is 2.59. The number of hydrogen-bond donors (Lipinski definition) is 2. The molecule has 1 amide bonds. The molecule has 1 fully saturated rings. The molecule has 136 valence electrons. The predicted molar refractivity (Wildman–Crippen MR) is 98.3 cm³/mol. The highest BCUT2D eigenvalue weighted by atomic mass is 35.5. The Morgan fingerprint density at radius 1 is 1.42 bits per heavy atom. The highest BCUT2D eigenvalue weighted by Gasteiger charge is 2.19. The summed E-state index contributed by atoms with van der Waals surface area (Å²) in [6, 6.07) is 3.34. The van der Waals surface area contributed by atoms with Crippen molar-refractivity contribution in [2.75, 3.05) is 0 Å². The molecule has 1 aromatic heterocycles. The van der Waals surface area contributed by atoms with Gasteiger partial charge in [0.05, 0.1) is 6.04 Å². The molecule has 1 aliphatic rings. The van der Waals surface area contributed by atoms with Crippen LogP contribution in [0, 0.1) is 5.92 Å². The predicted octanol–water partition coefficient (Wildman–Crippen LogP) is 3.20. The fourth-order valence-corrected chi connectivity index (χ4v) is 2.80. The quantitative estimate of drug-likeness (QED) is 0.787. The van der Waals surface area contributed by atoms with Crippen LogP contribution in [0.5, 0.6) is 5.88 Å². The zero-order chi connectivity index (χ0) is 16.7. The molecule has 0 saturated heterocycles. The summed E-state index contributed by atoms with van der Waals surface area (Å²) in [5.41, 5.74) is 6.92. The van der Waals surface area contributed by atoms with E-state index in [2.05, 4.69) is 10.3 Å². The van der Waals surface area contributed by atoms with Gasteiger partial charge in [0.25, 0.3) is 0 Å². The molecule has 6 heteroatoms. The van der Waals surface area contributed by atoms with Crippen LogP contribution in [0.3, 0.4) is 0 Å². The van der Waals surface area contributed by atoms with Crippen LogP contribution in [0.15, 0.2) is 18.3 Å². The van der Waals surface area contributed by atoms with E-state index in [1.807, 2.05) is 26.0 Å². The maximum absolute atomic E-state index is 12.0. The van der Waals surface area contributed by atoms with Gasteiger partial charge in [0.15, 0.2) is 0 Å². The zero-order valence-electron chi connectivity index (χ0n) is 14.7. The van der Waals surface area contributed by atoms with Crippen LogP contribution in [0.25, 0.3) is 0 Å². The number of nitrogens with zero attached hydrogens (tertiary/aromatic N) is 1. The second-order valence-corrected chi connectivity index (χ2v) is 6.51. The number of halogens is 1. The third kappa shape index (κ3) is 6.29. The van der Waals surface area contributed by atoms with E-state index in [0.29, 0.717) is 12.4 Å². The second kappa shape index (κ2) is 10.5. The Kier molecular flexibility index (Phi) is 9.08. The van der Waals surface area contributed by atoms with Gasteiger partial charge in [0.2, 0.25) is 11.8 Å². The van der Waals surface area contributed by atoms with E-state index >= 15 is 0 Å². The van der Waals surface area contributed by atoms with E-state index in [-0.39, 0.29) is 30.3 Å². The Balaban J connectivity index is 0.00000288. The zero-order valence-corrected chi connectivity index (χ0v) is 15.5. The van der Waals surface area contributed by atoms with Gasteiger partial charge in [0, 0.05) is 18.8 Å². The molecule has 2 atom stereocenters. The number of rotatable bonds is 7. The number of amides is 1. The number of carbonyl (C=O) groups is 1. The smallest absolute Gasteiger partial charge is 0.237 e. The van der Waals surface area contributed by atoms with Crippen molar-refractivity contribution < 1.29 is 9.53 Å². The Hall–Kier alpha value is -1.33. The van der Waals surface area contributed by atoms with E-state index < -0.39 is 6.04 Å². The topological polar surface area (TPSA) is 77.2 Å². The average molecular weight is 356 g/mol. The van der Waals surface area contributed by atoms with Gasteiger partial charge in [-0.3, -0.25) is 4.79 Å². The third-order valence-electron chi connectivity index (χ3n) is 4.67. The SMILES string of the molecule is CCC(C)C(N)C(=O)NCc1ccnc(OC2CCCCC2)c1.Cl. The molecule has 0 aliphatic heterocycles. The molecular formula is C18H30ClN3O2. The molecule has 0 spiro atoms. The third-order valence-corrected chi connectivity index (χ3v) is 4.67. The number of carbonyl (C=O) groups excluding carboxylic acids is 1. The molecule has 1 heterocycles. The Bertz CT molecular complexity index is 507. The Labute approximate surface area is 151 Å². The molecule has 5 nitrogen and oxygen atoms in total. The van der Waals surface area contributed by atoms with Crippen LogP contribution in [0.4, 0.5) is 0 Å². The first kappa shape index (κ1) is 20.7. The van der Waals surface area contributed by atoms with Crippen molar-refractivity contribution in [3.63, 3.8) is 0 Å². The van der Waals surface area contributed by atoms with Crippen LogP contribution in [-0.2, 0) is 11.3 Å². The summed E-state index contributed by atoms with van der Waals surface area (Å²) >= 11 is 0. The van der Waals surface area contributed by atoms with Crippen molar-refractivity contribution in [1.29, 1.82) is 0 Å². The molecule has 2 unspecified atom stereocenters. The lowest BCUT2D eigenvalue weighted by molar-refractivity contribution is -0.123. The lowest BCUT2D eigenvalue weighted by Crippen LogP contribution is -2.44. The minimum absolute atomic E-state index is 0. The van der Waals surface area contributed by atoms with Crippen molar-refractivity contribution in [2.24, 2.45) is 11.7 Å². The highest BCUT2D eigenvalue weighted by molar-refractivity contribution is 5.85. The van der Waals surface area contributed by atoms with E-state index in [1.165, 1.54) is 19.3 Å². The molecule has 1 aliphatic carbocycles. The largest absolute Gasteiger partial charge is 0.474 e. The number of ether oxygens (including phenoxy) is 1. The van der Waals surface area contributed by atoms with Gasteiger partial charge < -0.3 is 15.8 Å². The Morgan fingerprint density at radius 2 is 2.12 bits per heavy atom. The van der Waals surface area contributed by atoms with Crippen molar-refractivity contribution in [1.82, 2.24) is 10.3 Å². The fraction of sp³-hybridized carbons (Fsp3) is 0.667. The number of hydrogen-bond acceptors (Lipinski definition) is 4.